The Morgan fingerprint density at radius 3 is 1.76 bits per heavy atom. The van der Waals surface area contributed by atoms with Gasteiger partial charge in [-0.2, -0.15) is 15.0 Å². The van der Waals surface area contributed by atoms with Crippen molar-refractivity contribution < 1.29 is 0 Å². The van der Waals surface area contributed by atoms with Crippen molar-refractivity contribution in [3.63, 3.8) is 0 Å². The lowest BCUT2D eigenvalue weighted by atomic mass is 9.92. The molecule has 1 aliphatic rings. The maximum Gasteiger partial charge on any atom is 0.240 e. The molecule has 0 saturated carbocycles. The zero-order chi connectivity index (χ0) is 33.0. The van der Waals surface area contributed by atoms with Crippen molar-refractivity contribution >= 4 is 38.8 Å². The molecule has 0 bridgehead atoms. The van der Waals surface area contributed by atoms with Gasteiger partial charge in [0.2, 0.25) is 11.9 Å². The zero-order valence-corrected chi connectivity index (χ0v) is 27.1. The summed E-state index contributed by atoms with van der Waals surface area (Å²) >= 11 is 0. The fourth-order valence-electron chi connectivity index (χ4n) is 7.59. The minimum atomic E-state index is 0.575. The molecule has 0 atom stereocenters. The third kappa shape index (κ3) is 4.39. The molecule has 0 fully saturated rings. The number of para-hydroxylation sites is 3. The number of hydrogen-bond acceptors (Lipinski definition) is 3. The van der Waals surface area contributed by atoms with E-state index >= 15 is 0 Å². The van der Waals surface area contributed by atoms with E-state index in [9.17, 15) is 0 Å². The van der Waals surface area contributed by atoms with Gasteiger partial charge in [-0.25, -0.2) is 0 Å². The van der Waals surface area contributed by atoms with Gasteiger partial charge in [-0.3, -0.25) is 9.13 Å². The first kappa shape index (κ1) is 28.3. The highest BCUT2D eigenvalue weighted by molar-refractivity contribution is 6.09. The van der Waals surface area contributed by atoms with Crippen molar-refractivity contribution in [3.05, 3.63) is 169 Å². The quantitative estimate of drug-likeness (QED) is 0.188. The van der Waals surface area contributed by atoms with Gasteiger partial charge in [-0.1, -0.05) is 133 Å². The van der Waals surface area contributed by atoms with Crippen LogP contribution in [0.4, 0.5) is 0 Å². The first-order chi connectivity index (χ1) is 24.8. The predicted octanol–water partition coefficient (Wildman–Crippen LogP) is 10.5. The minimum Gasteiger partial charge on any atom is -0.282 e. The van der Waals surface area contributed by atoms with Crippen LogP contribution < -0.4 is 0 Å². The van der Waals surface area contributed by atoms with Crippen molar-refractivity contribution in [1.82, 2.24) is 24.1 Å². The van der Waals surface area contributed by atoms with Crippen LogP contribution >= 0.6 is 0 Å². The summed E-state index contributed by atoms with van der Waals surface area (Å²) < 4.78 is 4.43. The third-order valence-corrected chi connectivity index (χ3v) is 9.79. The fourth-order valence-corrected chi connectivity index (χ4v) is 7.59. The van der Waals surface area contributed by atoms with Crippen molar-refractivity contribution in [1.29, 1.82) is 0 Å². The van der Waals surface area contributed by atoms with Gasteiger partial charge in [0.05, 0.1) is 16.6 Å². The van der Waals surface area contributed by atoms with Gasteiger partial charge in [0, 0.05) is 33.0 Å². The van der Waals surface area contributed by atoms with Crippen LogP contribution in [0.15, 0.2) is 146 Å². The van der Waals surface area contributed by atoms with Crippen molar-refractivity contribution in [2.75, 3.05) is 0 Å². The number of nitrogens with zero attached hydrogens (tertiary/aromatic N) is 5. The molecule has 3 heterocycles. The Hall–Kier alpha value is -6.77. The highest BCUT2D eigenvalue weighted by Gasteiger charge is 2.24. The lowest BCUT2D eigenvalue weighted by molar-refractivity contribution is 0.822. The van der Waals surface area contributed by atoms with Crippen molar-refractivity contribution in [2.45, 2.75) is 12.8 Å². The summed E-state index contributed by atoms with van der Waals surface area (Å²) in [6.45, 7) is 0. The first-order valence-corrected chi connectivity index (χ1v) is 16.9. The number of benzene rings is 5. The number of rotatable bonds is 5. The molecule has 50 heavy (non-hydrogen) atoms. The standard InChI is InChI=1S/C45H29N5/c1-2-16-30(17-3-1)31-18-4-5-19-32(31)33-20-6-7-25-38(33)43-46-44(49-39-26-12-8-21-34(39)35-22-9-13-27-40(35)49)48-45(47-43)50-41-28-14-10-23-36(41)37-24-11-15-29-42(37)50/h1-3,6-14,16-28H,15,29H2. The van der Waals surface area contributed by atoms with Crippen molar-refractivity contribution in [3.8, 4) is 45.5 Å². The van der Waals surface area contributed by atoms with Gasteiger partial charge in [-0.05, 0) is 65.4 Å². The molecule has 6 aromatic carbocycles. The van der Waals surface area contributed by atoms with Crippen LogP contribution in [-0.2, 0) is 6.42 Å². The molecule has 0 radical (unpaired) electrons. The molecule has 1 aliphatic carbocycles. The molecular weight excluding hydrogens is 611 g/mol. The van der Waals surface area contributed by atoms with E-state index in [4.69, 9.17) is 15.0 Å². The van der Waals surface area contributed by atoms with Crippen LogP contribution in [0.3, 0.4) is 0 Å². The van der Waals surface area contributed by atoms with Gasteiger partial charge in [0.15, 0.2) is 5.82 Å². The first-order valence-electron chi connectivity index (χ1n) is 16.9. The van der Waals surface area contributed by atoms with E-state index < -0.39 is 0 Å². The summed E-state index contributed by atoms with van der Waals surface area (Å²) in [5.74, 6) is 1.78. The number of aromatic nitrogens is 5. The second-order valence-electron chi connectivity index (χ2n) is 12.6. The monoisotopic (exact) mass is 639 g/mol. The Balaban J connectivity index is 1.29. The van der Waals surface area contributed by atoms with Crippen LogP contribution in [-0.4, -0.2) is 24.1 Å². The average molecular weight is 640 g/mol. The summed E-state index contributed by atoms with van der Waals surface area (Å²) in [4.78, 5) is 16.0. The van der Waals surface area contributed by atoms with E-state index in [1.807, 2.05) is 18.2 Å². The molecule has 5 heteroatoms. The Morgan fingerprint density at radius 2 is 1.04 bits per heavy atom. The lowest BCUT2D eigenvalue weighted by Gasteiger charge is -2.16. The van der Waals surface area contributed by atoms with Gasteiger partial charge in [0.25, 0.3) is 0 Å². The Bertz CT molecular complexity index is 2710. The maximum atomic E-state index is 5.35. The van der Waals surface area contributed by atoms with Crippen LogP contribution in [0.2, 0.25) is 0 Å². The molecule has 3 aromatic heterocycles. The van der Waals surface area contributed by atoms with Crippen LogP contribution in [0.5, 0.6) is 0 Å². The smallest absolute Gasteiger partial charge is 0.240 e. The summed E-state index contributed by atoms with van der Waals surface area (Å²) in [5.41, 5.74) is 10.8. The minimum absolute atomic E-state index is 0.575. The zero-order valence-electron chi connectivity index (χ0n) is 27.1. The van der Waals surface area contributed by atoms with E-state index in [1.165, 1.54) is 16.6 Å². The van der Waals surface area contributed by atoms with Gasteiger partial charge in [-0.15, -0.1) is 0 Å². The lowest BCUT2D eigenvalue weighted by Crippen LogP contribution is -2.12. The molecule has 10 rings (SSSR count). The average Bonchev–Trinajstić information content (AvgIpc) is 3.71. The summed E-state index contributed by atoms with van der Waals surface area (Å²) in [6.07, 6.45) is 6.38. The van der Waals surface area contributed by atoms with E-state index in [1.54, 1.807) is 0 Å². The van der Waals surface area contributed by atoms with Crippen molar-refractivity contribution in [2.24, 2.45) is 0 Å². The van der Waals surface area contributed by atoms with E-state index in [-0.39, 0.29) is 0 Å². The van der Waals surface area contributed by atoms with Gasteiger partial charge < -0.3 is 0 Å². The number of hydrogen-bond donors (Lipinski definition) is 0. The molecule has 0 N–H and O–H groups in total. The molecule has 0 unspecified atom stereocenters. The van der Waals surface area contributed by atoms with Crippen LogP contribution in [0, 0.1) is 12.1 Å². The number of allylic oxidation sites excluding steroid dienone is 1. The molecule has 0 spiro atoms. The second-order valence-corrected chi connectivity index (χ2v) is 12.6. The summed E-state index contributed by atoms with van der Waals surface area (Å²) in [5, 5.41) is 3.51. The molecule has 0 saturated heterocycles. The molecule has 0 amide bonds. The number of fused-ring (bicyclic) bond motifs is 6. The summed E-state index contributed by atoms with van der Waals surface area (Å²) in [7, 11) is 0. The third-order valence-electron chi connectivity index (χ3n) is 9.79. The molecule has 234 valence electrons. The summed E-state index contributed by atoms with van der Waals surface area (Å²) in [6, 6.07) is 54.8. The topological polar surface area (TPSA) is 48.5 Å². The second kappa shape index (κ2) is 11.4. The molecule has 0 aliphatic heterocycles. The highest BCUT2D eigenvalue weighted by atomic mass is 15.3. The van der Waals surface area contributed by atoms with Gasteiger partial charge >= 0.3 is 0 Å². The normalized spacial score (nSPS) is 12.4. The molecular formula is C45H29N5. The Labute approximate surface area is 289 Å². The van der Waals surface area contributed by atoms with Crippen LogP contribution in [0.1, 0.15) is 17.7 Å². The van der Waals surface area contributed by atoms with Gasteiger partial charge in [0.1, 0.15) is 0 Å². The molecule has 9 aromatic rings. The highest BCUT2D eigenvalue weighted by Crippen LogP contribution is 2.39. The van der Waals surface area contributed by atoms with E-state index in [0.29, 0.717) is 17.7 Å². The van der Waals surface area contributed by atoms with Crippen LogP contribution in [0.25, 0.3) is 84.3 Å². The fraction of sp³-hybridized carbons (Fsp3) is 0.0444. The Kier molecular flexibility index (Phi) is 6.46. The van der Waals surface area contributed by atoms with E-state index in [2.05, 4.69) is 155 Å². The maximum absolute atomic E-state index is 5.35. The molecule has 5 nitrogen and oxygen atoms in total. The van der Waals surface area contributed by atoms with E-state index in [0.717, 1.165) is 68.0 Å². The SMILES string of the molecule is c1cc(-c2ccccc2)c(-c2ccccc2-c2nc(-n3c4c(c5ccccc53)C=CCC4)nc(-n3c4ccccc4c4ccccc43)n2)cc#1. The predicted molar refractivity (Wildman–Crippen MR) is 202 cm³/mol. The Morgan fingerprint density at radius 1 is 0.480 bits per heavy atom. The largest absolute Gasteiger partial charge is 0.282 e.